The molecule has 0 N–H and O–H groups in total. The highest BCUT2D eigenvalue weighted by Gasteiger charge is 2.39. The minimum absolute atomic E-state index is 0.0425. The molecule has 0 fully saturated rings. The van der Waals surface area contributed by atoms with Crippen LogP contribution in [0.3, 0.4) is 0 Å². The Balaban J connectivity index is 2.02. The van der Waals surface area contributed by atoms with Gasteiger partial charge >= 0.3 is 0 Å². The van der Waals surface area contributed by atoms with Crippen LogP contribution in [-0.4, -0.2) is 25.9 Å². The van der Waals surface area contributed by atoms with E-state index in [1.165, 1.54) is 0 Å². The second kappa shape index (κ2) is 6.13. The Bertz CT molecular complexity index is 854. The van der Waals surface area contributed by atoms with Crippen LogP contribution < -0.4 is 9.80 Å². The van der Waals surface area contributed by atoms with Crippen molar-refractivity contribution in [3.05, 3.63) is 64.7 Å². The highest BCUT2D eigenvalue weighted by Crippen LogP contribution is 2.35. The van der Waals surface area contributed by atoms with Crippen molar-refractivity contribution in [2.75, 3.05) is 23.9 Å². The molecule has 2 amide bonds. The van der Waals surface area contributed by atoms with Gasteiger partial charge in [0.1, 0.15) is 5.03 Å². The largest absolute Gasteiger partial charge is 0.378 e. The lowest BCUT2D eigenvalue weighted by Gasteiger charge is -2.18. The Hall–Kier alpha value is -2.59. The van der Waals surface area contributed by atoms with Crippen molar-refractivity contribution in [3.8, 4) is 0 Å². The molecule has 0 radical (unpaired) electrons. The van der Waals surface area contributed by atoms with Crippen LogP contribution in [0.1, 0.15) is 11.1 Å². The summed E-state index contributed by atoms with van der Waals surface area (Å²) in [6, 6.07) is 14.6. The van der Waals surface area contributed by atoms with Gasteiger partial charge in [-0.25, -0.2) is 4.90 Å². The molecule has 3 rings (SSSR count). The molecule has 24 heavy (non-hydrogen) atoms. The summed E-state index contributed by atoms with van der Waals surface area (Å²) in [4.78, 5) is 28.4. The van der Waals surface area contributed by atoms with E-state index >= 15 is 0 Å². The molecule has 0 spiro atoms. The summed E-state index contributed by atoms with van der Waals surface area (Å²) in [6.45, 7) is 1.96. The van der Waals surface area contributed by atoms with Crippen molar-refractivity contribution < 1.29 is 9.59 Å². The van der Waals surface area contributed by atoms with Crippen LogP contribution in [0.4, 0.5) is 11.4 Å². The van der Waals surface area contributed by atoms with Crippen LogP contribution in [0, 0.1) is 6.92 Å². The molecule has 0 aromatic heterocycles. The van der Waals surface area contributed by atoms with E-state index < -0.39 is 11.8 Å². The van der Waals surface area contributed by atoms with Gasteiger partial charge in [0.05, 0.1) is 11.3 Å². The lowest BCUT2D eigenvalue weighted by atomic mass is 10.0. The number of rotatable bonds is 3. The maximum atomic E-state index is 12.8. The molecule has 0 saturated carbocycles. The molecule has 2 aromatic carbocycles. The van der Waals surface area contributed by atoms with Gasteiger partial charge < -0.3 is 4.90 Å². The van der Waals surface area contributed by atoms with E-state index in [0.717, 1.165) is 16.2 Å². The van der Waals surface area contributed by atoms with Gasteiger partial charge in [-0.15, -0.1) is 0 Å². The minimum Gasteiger partial charge on any atom is -0.378 e. The topological polar surface area (TPSA) is 40.6 Å². The van der Waals surface area contributed by atoms with Crippen LogP contribution in [-0.2, 0) is 9.59 Å². The first-order valence-electron chi connectivity index (χ1n) is 7.53. The van der Waals surface area contributed by atoms with Crippen LogP contribution in [0.2, 0.25) is 0 Å². The van der Waals surface area contributed by atoms with Crippen molar-refractivity contribution >= 4 is 40.4 Å². The number of aryl methyl sites for hydroxylation is 1. The average Bonchev–Trinajstić information content (AvgIpc) is 2.78. The Morgan fingerprint density at radius 2 is 1.62 bits per heavy atom. The van der Waals surface area contributed by atoms with E-state index in [1.807, 2.05) is 50.2 Å². The van der Waals surface area contributed by atoms with Gasteiger partial charge in [-0.2, -0.15) is 0 Å². The maximum absolute atomic E-state index is 12.8. The zero-order chi connectivity index (χ0) is 17.4. The Morgan fingerprint density at radius 3 is 2.25 bits per heavy atom. The molecule has 1 heterocycles. The number of halogens is 1. The summed E-state index contributed by atoms with van der Waals surface area (Å²) < 4.78 is 0. The summed E-state index contributed by atoms with van der Waals surface area (Å²) in [5.74, 6) is -0.891. The lowest BCUT2D eigenvalue weighted by Crippen LogP contribution is -2.31. The third-order valence-corrected chi connectivity index (χ3v) is 4.32. The number of benzene rings is 2. The monoisotopic (exact) mass is 340 g/mol. The Kier molecular flexibility index (Phi) is 4.16. The highest BCUT2D eigenvalue weighted by molar-refractivity contribution is 6.60. The Labute approximate surface area is 145 Å². The second-order valence-corrected chi connectivity index (χ2v) is 6.29. The second-order valence-electron chi connectivity index (χ2n) is 5.92. The number of hydrogen-bond donors (Lipinski definition) is 0. The van der Waals surface area contributed by atoms with Crippen LogP contribution in [0.25, 0.3) is 5.57 Å². The van der Waals surface area contributed by atoms with Crippen LogP contribution in [0.5, 0.6) is 0 Å². The van der Waals surface area contributed by atoms with Crippen LogP contribution in [0.15, 0.2) is 53.6 Å². The van der Waals surface area contributed by atoms with Gasteiger partial charge in [0.25, 0.3) is 11.8 Å². The molecule has 1 aliphatic heterocycles. The molecule has 0 bridgehead atoms. The molecule has 0 atom stereocenters. The predicted molar refractivity (Wildman–Crippen MR) is 97.2 cm³/mol. The maximum Gasteiger partial charge on any atom is 0.277 e. The number of imide groups is 1. The third kappa shape index (κ3) is 2.69. The van der Waals surface area contributed by atoms with Crippen molar-refractivity contribution in [2.24, 2.45) is 0 Å². The first kappa shape index (κ1) is 16.3. The number of hydrogen-bond acceptors (Lipinski definition) is 3. The fourth-order valence-corrected chi connectivity index (χ4v) is 2.89. The van der Waals surface area contributed by atoms with Gasteiger partial charge in [0.15, 0.2) is 0 Å². The van der Waals surface area contributed by atoms with Gasteiger partial charge in [-0.05, 0) is 30.7 Å². The fraction of sp³-hybridized carbons (Fsp3) is 0.158. The third-order valence-electron chi connectivity index (χ3n) is 3.97. The normalized spacial score (nSPS) is 14.6. The number of nitrogens with zero attached hydrogens (tertiary/aromatic N) is 2. The lowest BCUT2D eigenvalue weighted by molar-refractivity contribution is -0.119. The van der Waals surface area contributed by atoms with E-state index in [0.29, 0.717) is 11.3 Å². The quantitative estimate of drug-likeness (QED) is 0.802. The average molecular weight is 341 g/mol. The van der Waals surface area contributed by atoms with E-state index in [9.17, 15) is 9.59 Å². The first-order valence-corrected chi connectivity index (χ1v) is 7.91. The zero-order valence-electron chi connectivity index (χ0n) is 13.7. The van der Waals surface area contributed by atoms with Gasteiger partial charge in [-0.1, -0.05) is 47.5 Å². The van der Waals surface area contributed by atoms with Crippen molar-refractivity contribution in [2.45, 2.75) is 6.92 Å². The van der Waals surface area contributed by atoms with Crippen molar-refractivity contribution in [1.29, 1.82) is 0 Å². The van der Waals surface area contributed by atoms with E-state index in [4.69, 9.17) is 11.6 Å². The van der Waals surface area contributed by atoms with E-state index in [-0.39, 0.29) is 10.6 Å². The molecule has 2 aromatic rings. The number of amides is 2. The first-order chi connectivity index (χ1) is 11.4. The highest BCUT2D eigenvalue weighted by atomic mass is 35.5. The smallest absolute Gasteiger partial charge is 0.277 e. The number of carbonyl (C=O) groups is 2. The van der Waals surface area contributed by atoms with Gasteiger partial charge in [0.2, 0.25) is 0 Å². The summed E-state index contributed by atoms with van der Waals surface area (Å²) in [5.41, 5.74) is 3.37. The molecule has 1 aliphatic rings. The molecular weight excluding hydrogens is 324 g/mol. The SMILES string of the molecule is Cc1ccc(C2=C(Cl)C(=O)N(c3cccc(N(C)C)c3)C2=O)cc1. The summed E-state index contributed by atoms with van der Waals surface area (Å²) >= 11 is 6.20. The Morgan fingerprint density at radius 1 is 0.958 bits per heavy atom. The molecule has 0 unspecified atom stereocenters. The van der Waals surface area contributed by atoms with Crippen molar-refractivity contribution in [3.63, 3.8) is 0 Å². The van der Waals surface area contributed by atoms with E-state index in [1.54, 1.807) is 24.3 Å². The van der Waals surface area contributed by atoms with Gasteiger partial charge in [0, 0.05) is 19.8 Å². The summed E-state index contributed by atoms with van der Waals surface area (Å²) in [5, 5.41) is -0.0425. The van der Waals surface area contributed by atoms with Crippen molar-refractivity contribution in [1.82, 2.24) is 0 Å². The molecule has 4 nitrogen and oxygen atoms in total. The molecule has 122 valence electrons. The number of anilines is 2. The minimum atomic E-state index is -0.492. The molecule has 0 aliphatic carbocycles. The molecule has 0 saturated heterocycles. The standard InChI is InChI=1S/C19H17ClN2O2/c1-12-7-9-13(10-8-12)16-17(20)19(24)22(18(16)23)15-6-4-5-14(11-15)21(2)3/h4-11H,1-3H3. The fourth-order valence-electron chi connectivity index (χ4n) is 2.62. The predicted octanol–water partition coefficient (Wildman–Crippen LogP) is 3.58. The molecular formula is C19H17ClN2O2. The van der Waals surface area contributed by atoms with Gasteiger partial charge in [-0.3, -0.25) is 9.59 Å². The summed E-state index contributed by atoms with van der Waals surface area (Å²) in [6.07, 6.45) is 0. The number of carbonyl (C=O) groups excluding carboxylic acids is 2. The zero-order valence-corrected chi connectivity index (χ0v) is 14.5. The van der Waals surface area contributed by atoms with Crippen LogP contribution >= 0.6 is 11.6 Å². The molecule has 5 heteroatoms. The summed E-state index contributed by atoms with van der Waals surface area (Å²) in [7, 11) is 3.80. The van der Waals surface area contributed by atoms with E-state index in [2.05, 4.69) is 0 Å².